The molecule has 0 aliphatic carbocycles. The predicted octanol–water partition coefficient (Wildman–Crippen LogP) is 0.738. The molecule has 0 saturated carbocycles. The zero-order valence-corrected chi connectivity index (χ0v) is 13.8. The standard InChI is InChI=1S/C16H26N4O2/c1-12(2)20-9-6-18-15(22)13(20)10-14(21)19-7-4-16(3,11-17)5-8-19/h12-13H,4-10H2,1-3H3,(H,18,22)/t13-/m1/s1. The van der Waals surface area contributed by atoms with Gasteiger partial charge in [-0.1, -0.05) is 0 Å². The van der Waals surface area contributed by atoms with E-state index in [-0.39, 0.29) is 35.7 Å². The van der Waals surface area contributed by atoms with Crippen LogP contribution in [0.25, 0.3) is 0 Å². The average molecular weight is 306 g/mol. The van der Waals surface area contributed by atoms with Crippen LogP contribution in [-0.2, 0) is 9.59 Å². The monoisotopic (exact) mass is 306 g/mol. The van der Waals surface area contributed by atoms with Gasteiger partial charge >= 0.3 is 0 Å². The molecule has 6 heteroatoms. The number of piperazine rings is 1. The molecule has 1 atom stereocenters. The maximum absolute atomic E-state index is 12.5. The first kappa shape index (κ1) is 16.8. The average Bonchev–Trinajstić information content (AvgIpc) is 2.49. The number of carbonyl (C=O) groups is 2. The van der Waals surface area contributed by atoms with E-state index in [1.54, 1.807) is 4.90 Å². The van der Waals surface area contributed by atoms with Crippen molar-refractivity contribution in [1.29, 1.82) is 5.26 Å². The molecule has 0 spiro atoms. The summed E-state index contributed by atoms with van der Waals surface area (Å²) in [5, 5.41) is 12.0. The summed E-state index contributed by atoms with van der Waals surface area (Å²) in [4.78, 5) is 28.5. The summed E-state index contributed by atoms with van der Waals surface area (Å²) in [5.74, 6) is -0.0279. The summed E-state index contributed by atoms with van der Waals surface area (Å²) >= 11 is 0. The van der Waals surface area contributed by atoms with Gasteiger partial charge < -0.3 is 10.2 Å². The molecule has 122 valence electrons. The van der Waals surface area contributed by atoms with E-state index in [1.165, 1.54) is 0 Å². The first-order valence-electron chi connectivity index (χ1n) is 8.09. The molecule has 2 heterocycles. The van der Waals surface area contributed by atoms with E-state index in [0.29, 0.717) is 32.5 Å². The molecule has 2 aliphatic rings. The highest BCUT2D eigenvalue weighted by molar-refractivity contribution is 5.89. The van der Waals surface area contributed by atoms with Crippen molar-refractivity contribution in [3.8, 4) is 6.07 Å². The predicted molar refractivity (Wildman–Crippen MR) is 82.8 cm³/mol. The number of hydrogen-bond donors (Lipinski definition) is 1. The van der Waals surface area contributed by atoms with Crippen LogP contribution in [0.4, 0.5) is 0 Å². The summed E-state index contributed by atoms with van der Waals surface area (Å²) < 4.78 is 0. The van der Waals surface area contributed by atoms with E-state index in [9.17, 15) is 9.59 Å². The summed E-state index contributed by atoms with van der Waals surface area (Å²) in [6, 6.07) is 2.21. The van der Waals surface area contributed by atoms with Gasteiger partial charge in [0.15, 0.2) is 0 Å². The molecular formula is C16H26N4O2. The van der Waals surface area contributed by atoms with Crippen LogP contribution in [0, 0.1) is 16.7 Å². The molecule has 22 heavy (non-hydrogen) atoms. The van der Waals surface area contributed by atoms with E-state index >= 15 is 0 Å². The van der Waals surface area contributed by atoms with E-state index < -0.39 is 0 Å². The Bertz CT molecular complexity index is 475. The Morgan fingerprint density at radius 1 is 1.41 bits per heavy atom. The Balaban J connectivity index is 1.96. The smallest absolute Gasteiger partial charge is 0.237 e. The first-order valence-corrected chi connectivity index (χ1v) is 8.09. The van der Waals surface area contributed by atoms with Gasteiger partial charge in [0.25, 0.3) is 0 Å². The van der Waals surface area contributed by atoms with Crippen molar-refractivity contribution in [2.75, 3.05) is 26.2 Å². The molecular weight excluding hydrogens is 280 g/mol. The maximum atomic E-state index is 12.5. The van der Waals surface area contributed by atoms with Crippen molar-refractivity contribution in [1.82, 2.24) is 15.1 Å². The van der Waals surface area contributed by atoms with Gasteiger partial charge in [-0.15, -0.1) is 0 Å². The molecule has 0 unspecified atom stereocenters. The van der Waals surface area contributed by atoms with Crippen molar-refractivity contribution in [3.05, 3.63) is 0 Å². The highest BCUT2D eigenvalue weighted by Gasteiger charge is 2.36. The molecule has 2 rings (SSSR count). The normalized spacial score (nSPS) is 25.7. The fourth-order valence-corrected chi connectivity index (χ4v) is 3.22. The molecule has 0 bridgehead atoms. The Hall–Kier alpha value is -1.61. The van der Waals surface area contributed by atoms with E-state index in [0.717, 1.165) is 6.54 Å². The fourth-order valence-electron chi connectivity index (χ4n) is 3.22. The minimum atomic E-state index is -0.370. The van der Waals surface area contributed by atoms with Crippen LogP contribution < -0.4 is 5.32 Å². The summed E-state index contributed by atoms with van der Waals surface area (Å²) in [6.45, 7) is 8.70. The van der Waals surface area contributed by atoms with Gasteiger partial charge in [0, 0.05) is 32.2 Å². The molecule has 0 aromatic carbocycles. The lowest BCUT2D eigenvalue weighted by molar-refractivity contribution is -0.140. The summed E-state index contributed by atoms with van der Waals surface area (Å²) in [6.07, 6.45) is 1.65. The van der Waals surface area contributed by atoms with Gasteiger partial charge in [0.05, 0.1) is 23.9 Å². The minimum Gasteiger partial charge on any atom is -0.353 e. The number of carbonyl (C=O) groups excluding carboxylic acids is 2. The third-order valence-electron chi connectivity index (χ3n) is 4.89. The lowest BCUT2D eigenvalue weighted by Gasteiger charge is -2.39. The van der Waals surface area contributed by atoms with Crippen LogP contribution in [0.5, 0.6) is 0 Å². The molecule has 0 radical (unpaired) electrons. The van der Waals surface area contributed by atoms with Gasteiger partial charge in [-0.3, -0.25) is 14.5 Å². The minimum absolute atomic E-state index is 0.0210. The second-order valence-electron chi connectivity index (χ2n) is 6.90. The Morgan fingerprint density at radius 3 is 2.59 bits per heavy atom. The van der Waals surface area contributed by atoms with Crippen LogP contribution in [-0.4, -0.2) is 59.9 Å². The van der Waals surface area contributed by atoms with Crippen LogP contribution in [0.3, 0.4) is 0 Å². The second kappa shape index (κ2) is 6.66. The van der Waals surface area contributed by atoms with Crippen molar-refractivity contribution >= 4 is 11.8 Å². The van der Waals surface area contributed by atoms with Crippen molar-refractivity contribution in [2.24, 2.45) is 5.41 Å². The summed E-state index contributed by atoms with van der Waals surface area (Å²) in [5.41, 5.74) is -0.317. The Kier molecular flexibility index (Phi) is 5.07. The van der Waals surface area contributed by atoms with Crippen LogP contribution in [0.15, 0.2) is 0 Å². The molecule has 0 aromatic rings. The van der Waals surface area contributed by atoms with Gasteiger partial charge in [0.1, 0.15) is 0 Å². The third kappa shape index (κ3) is 3.58. The summed E-state index contributed by atoms with van der Waals surface area (Å²) in [7, 11) is 0. The second-order valence-corrected chi connectivity index (χ2v) is 6.90. The number of nitriles is 1. The first-order chi connectivity index (χ1) is 10.4. The SMILES string of the molecule is CC(C)N1CCNC(=O)[C@H]1CC(=O)N1CCC(C)(C#N)CC1. The number of nitrogens with one attached hydrogen (secondary N) is 1. The van der Waals surface area contributed by atoms with E-state index in [1.807, 2.05) is 6.92 Å². The van der Waals surface area contributed by atoms with Gasteiger partial charge in [-0.2, -0.15) is 5.26 Å². The number of likely N-dealkylation sites (tertiary alicyclic amines) is 1. The van der Waals surface area contributed by atoms with E-state index in [4.69, 9.17) is 5.26 Å². The number of hydrogen-bond acceptors (Lipinski definition) is 4. The maximum Gasteiger partial charge on any atom is 0.237 e. The van der Waals surface area contributed by atoms with Crippen molar-refractivity contribution in [3.63, 3.8) is 0 Å². The quantitative estimate of drug-likeness (QED) is 0.834. The highest BCUT2D eigenvalue weighted by Crippen LogP contribution is 2.30. The molecule has 0 aromatic heterocycles. The van der Waals surface area contributed by atoms with Crippen LogP contribution >= 0.6 is 0 Å². The lowest BCUT2D eigenvalue weighted by Crippen LogP contribution is -2.58. The highest BCUT2D eigenvalue weighted by atomic mass is 16.2. The third-order valence-corrected chi connectivity index (χ3v) is 4.89. The number of piperidine rings is 1. The van der Waals surface area contributed by atoms with Crippen LogP contribution in [0.2, 0.25) is 0 Å². The van der Waals surface area contributed by atoms with E-state index in [2.05, 4.69) is 30.1 Å². The number of amides is 2. The van der Waals surface area contributed by atoms with Gasteiger partial charge in [0.2, 0.25) is 11.8 Å². The lowest BCUT2D eigenvalue weighted by atomic mass is 9.82. The van der Waals surface area contributed by atoms with Crippen molar-refractivity contribution in [2.45, 2.75) is 52.1 Å². The van der Waals surface area contributed by atoms with Gasteiger partial charge in [-0.05, 0) is 33.6 Å². The van der Waals surface area contributed by atoms with Crippen molar-refractivity contribution < 1.29 is 9.59 Å². The zero-order chi connectivity index (χ0) is 16.3. The zero-order valence-electron chi connectivity index (χ0n) is 13.8. The van der Waals surface area contributed by atoms with Crippen LogP contribution in [0.1, 0.15) is 40.0 Å². The number of nitrogens with zero attached hydrogens (tertiary/aromatic N) is 3. The Morgan fingerprint density at radius 2 is 2.05 bits per heavy atom. The van der Waals surface area contributed by atoms with Gasteiger partial charge in [-0.25, -0.2) is 0 Å². The molecule has 2 aliphatic heterocycles. The molecule has 2 fully saturated rings. The Labute approximate surface area is 132 Å². The molecule has 6 nitrogen and oxygen atoms in total. The molecule has 1 N–H and O–H groups in total. The molecule has 2 saturated heterocycles. The largest absolute Gasteiger partial charge is 0.353 e. The molecule has 2 amide bonds. The number of rotatable bonds is 3. The fraction of sp³-hybridized carbons (Fsp3) is 0.812. The topological polar surface area (TPSA) is 76.4 Å².